The van der Waals surface area contributed by atoms with Crippen molar-refractivity contribution >= 4 is 23.4 Å². The second-order valence-corrected chi connectivity index (χ2v) is 7.16. The lowest BCUT2D eigenvalue weighted by Crippen LogP contribution is -2.28. The number of H-pyrrole nitrogens is 1. The van der Waals surface area contributed by atoms with Gasteiger partial charge in [-0.05, 0) is 39.9 Å². The normalized spacial score (nSPS) is 18.0. The molecule has 1 aliphatic rings. The summed E-state index contributed by atoms with van der Waals surface area (Å²) in [7, 11) is 0. The Balaban J connectivity index is 0.00000192. The molecule has 1 heterocycles. The highest BCUT2D eigenvalue weighted by atomic mass is 35.5. The number of aliphatic hydroxyl groups excluding tert-OH is 1. The van der Waals surface area contributed by atoms with E-state index in [9.17, 15) is 5.11 Å². The molecule has 0 fully saturated rings. The standard InChI is InChI=1S/C23H21N3O.ClH/c27-22-12-18-3-1-2-4-19(18)23(22)24-13-15-5-7-16(8-6-15)17-9-10-20-21(11-17)26-14-25-20;/h1-11,14,22-24,27H,12-13H2,(H,25,26);1H/t22-,23+;/m1./s1. The first-order chi connectivity index (χ1) is 13.3. The summed E-state index contributed by atoms with van der Waals surface area (Å²) in [4.78, 5) is 7.45. The Morgan fingerprint density at radius 1 is 1.00 bits per heavy atom. The summed E-state index contributed by atoms with van der Waals surface area (Å²) >= 11 is 0. The first-order valence-corrected chi connectivity index (χ1v) is 9.30. The fraction of sp³-hybridized carbons (Fsp3) is 0.174. The Morgan fingerprint density at radius 3 is 2.64 bits per heavy atom. The van der Waals surface area contributed by atoms with Crippen LogP contribution in [0.15, 0.2) is 73.1 Å². The number of aromatic amines is 1. The second kappa shape index (κ2) is 7.76. The van der Waals surface area contributed by atoms with Crippen LogP contribution in [-0.4, -0.2) is 21.2 Å². The maximum Gasteiger partial charge on any atom is 0.0931 e. The third-order valence-electron chi connectivity index (χ3n) is 5.44. The highest BCUT2D eigenvalue weighted by Crippen LogP contribution is 2.31. The van der Waals surface area contributed by atoms with Crippen LogP contribution in [0.3, 0.4) is 0 Å². The van der Waals surface area contributed by atoms with E-state index in [2.05, 4.69) is 69.9 Å². The number of hydrogen-bond donors (Lipinski definition) is 3. The van der Waals surface area contributed by atoms with E-state index in [0.29, 0.717) is 0 Å². The summed E-state index contributed by atoms with van der Waals surface area (Å²) in [5.41, 5.74) is 8.03. The number of halogens is 1. The maximum absolute atomic E-state index is 10.4. The van der Waals surface area contributed by atoms with E-state index >= 15 is 0 Å². The summed E-state index contributed by atoms with van der Waals surface area (Å²) < 4.78 is 0. The highest BCUT2D eigenvalue weighted by Gasteiger charge is 2.29. The van der Waals surface area contributed by atoms with Crippen LogP contribution < -0.4 is 5.32 Å². The molecule has 1 aromatic heterocycles. The average Bonchev–Trinajstić information content (AvgIpc) is 3.29. The molecule has 3 N–H and O–H groups in total. The fourth-order valence-electron chi connectivity index (χ4n) is 3.97. The average molecular weight is 392 g/mol. The van der Waals surface area contributed by atoms with Crippen LogP contribution in [0.25, 0.3) is 22.2 Å². The molecule has 4 aromatic rings. The van der Waals surface area contributed by atoms with Gasteiger partial charge in [0.1, 0.15) is 0 Å². The van der Waals surface area contributed by atoms with Gasteiger partial charge in [-0.25, -0.2) is 4.98 Å². The Bertz CT molecular complexity index is 1090. The fourth-order valence-corrected chi connectivity index (χ4v) is 3.97. The molecule has 4 nitrogen and oxygen atoms in total. The topological polar surface area (TPSA) is 60.9 Å². The quantitative estimate of drug-likeness (QED) is 0.483. The summed E-state index contributed by atoms with van der Waals surface area (Å²) in [6.45, 7) is 0.731. The molecule has 0 unspecified atom stereocenters. The minimum absolute atomic E-state index is 0. The lowest BCUT2D eigenvalue weighted by atomic mass is 10.0. The first-order valence-electron chi connectivity index (χ1n) is 9.30. The number of benzene rings is 3. The molecule has 1 aliphatic carbocycles. The Hall–Kier alpha value is -2.66. The minimum atomic E-state index is -0.359. The van der Waals surface area contributed by atoms with Crippen molar-refractivity contribution in [2.24, 2.45) is 0 Å². The Kier molecular flexibility index (Phi) is 5.18. The number of nitrogens with one attached hydrogen (secondary N) is 2. The van der Waals surface area contributed by atoms with Crippen molar-refractivity contribution in [3.63, 3.8) is 0 Å². The Morgan fingerprint density at radius 2 is 1.79 bits per heavy atom. The third kappa shape index (κ3) is 3.42. The Labute approximate surface area is 170 Å². The van der Waals surface area contributed by atoms with Gasteiger partial charge in [0.05, 0.1) is 29.5 Å². The third-order valence-corrected chi connectivity index (χ3v) is 5.44. The molecule has 2 atom stereocenters. The predicted molar refractivity (Wildman–Crippen MR) is 115 cm³/mol. The summed E-state index contributed by atoms with van der Waals surface area (Å²) in [5, 5.41) is 13.9. The van der Waals surface area contributed by atoms with Gasteiger partial charge in [0.25, 0.3) is 0 Å². The summed E-state index contributed by atoms with van der Waals surface area (Å²) in [6, 6.07) is 23.1. The van der Waals surface area contributed by atoms with Gasteiger partial charge in [-0.2, -0.15) is 0 Å². The number of aromatic nitrogens is 2. The van der Waals surface area contributed by atoms with Gasteiger partial charge in [-0.15, -0.1) is 12.4 Å². The zero-order valence-electron chi connectivity index (χ0n) is 15.3. The molecule has 0 bridgehead atoms. The van der Waals surface area contributed by atoms with Crippen molar-refractivity contribution in [2.75, 3.05) is 0 Å². The highest BCUT2D eigenvalue weighted by molar-refractivity contribution is 5.85. The van der Waals surface area contributed by atoms with E-state index in [1.807, 2.05) is 12.1 Å². The SMILES string of the molecule is Cl.O[C@@H]1Cc2ccccc2[C@@H]1NCc1ccc(-c2ccc3[nH]cnc3c2)cc1. The molecule has 0 amide bonds. The van der Waals surface area contributed by atoms with Crippen LogP contribution in [0.1, 0.15) is 22.7 Å². The van der Waals surface area contributed by atoms with E-state index in [1.54, 1.807) is 6.33 Å². The van der Waals surface area contributed by atoms with E-state index < -0.39 is 0 Å². The van der Waals surface area contributed by atoms with Crippen molar-refractivity contribution in [1.29, 1.82) is 0 Å². The number of aliphatic hydroxyl groups is 1. The molecule has 3 aromatic carbocycles. The molecule has 0 saturated carbocycles. The number of imidazole rings is 1. The summed E-state index contributed by atoms with van der Waals surface area (Å²) in [5.74, 6) is 0. The molecule has 0 radical (unpaired) electrons. The van der Waals surface area contributed by atoms with Crippen molar-refractivity contribution < 1.29 is 5.11 Å². The van der Waals surface area contributed by atoms with E-state index in [1.165, 1.54) is 22.3 Å². The molecule has 142 valence electrons. The van der Waals surface area contributed by atoms with Gasteiger partial charge in [-0.1, -0.05) is 54.6 Å². The van der Waals surface area contributed by atoms with Crippen LogP contribution in [0, 0.1) is 0 Å². The van der Waals surface area contributed by atoms with Crippen molar-refractivity contribution in [1.82, 2.24) is 15.3 Å². The van der Waals surface area contributed by atoms with Crippen LogP contribution >= 0.6 is 12.4 Å². The number of rotatable bonds is 4. The van der Waals surface area contributed by atoms with E-state index in [0.717, 1.165) is 29.6 Å². The van der Waals surface area contributed by atoms with Gasteiger partial charge in [-0.3, -0.25) is 0 Å². The molecule has 0 saturated heterocycles. The van der Waals surface area contributed by atoms with Crippen molar-refractivity contribution in [3.8, 4) is 11.1 Å². The van der Waals surface area contributed by atoms with Crippen molar-refractivity contribution in [3.05, 3.63) is 89.7 Å². The molecule has 5 heteroatoms. The zero-order valence-corrected chi connectivity index (χ0v) is 16.1. The van der Waals surface area contributed by atoms with Crippen molar-refractivity contribution in [2.45, 2.75) is 25.1 Å². The van der Waals surface area contributed by atoms with E-state index in [-0.39, 0.29) is 24.6 Å². The first kappa shape index (κ1) is 18.7. The van der Waals surface area contributed by atoms with E-state index in [4.69, 9.17) is 0 Å². The molecular formula is C23H22ClN3O. The smallest absolute Gasteiger partial charge is 0.0931 e. The zero-order chi connectivity index (χ0) is 18.2. The number of nitrogens with zero attached hydrogens (tertiary/aromatic N) is 1. The molecule has 0 spiro atoms. The molecule has 5 rings (SSSR count). The monoisotopic (exact) mass is 391 g/mol. The lowest BCUT2D eigenvalue weighted by molar-refractivity contribution is 0.140. The van der Waals surface area contributed by atoms with Gasteiger partial charge >= 0.3 is 0 Å². The minimum Gasteiger partial charge on any atom is -0.391 e. The van der Waals surface area contributed by atoms with Crippen LogP contribution in [0.5, 0.6) is 0 Å². The molecule has 0 aliphatic heterocycles. The van der Waals surface area contributed by atoms with Crippen LogP contribution in [0.2, 0.25) is 0 Å². The maximum atomic E-state index is 10.4. The predicted octanol–water partition coefficient (Wildman–Crippen LogP) is 4.40. The van der Waals surface area contributed by atoms with Crippen LogP contribution in [0.4, 0.5) is 0 Å². The summed E-state index contributed by atoms with van der Waals surface area (Å²) in [6.07, 6.45) is 2.09. The lowest BCUT2D eigenvalue weighted by Gasteiger charge is -2.18. The van der Waals surface area contributed by atoms with Gasteiger partial charge in [0, 0.05) is 13.0 Å². The van der Waals surface area contributed by atoms with Gasteiger partial charge < -0.3 is 15.4 Å². The number of hydrogen-bond acceptors (Lipinski definition) is 3. The molecular weight excluding hydrogens is 370 g/mol. The largest absolute Gasteiger partial charge is 0.391 e. The van der Waals surface area contributed by atoms with Gasteiger partial charge in [0.15, 0.2) is 0 Å². The second-order valence-electron chi connectivity index (χ2n) is 7.16. The van der Waals surface area contributed by atoms with Crippen LogP contribution in [-0.2, 0) is 13.0 Å². The number of fused-ring (bicyclic) bond motifs is 2. The van der Waals surface area contributed by atoms with Gasteiger partial charge in [0.2, 0.25) is 0 Å². The molecule has 28 heavy (non-hydrogen) atoms.